The fourth-order valence-electron chi connectivity index (χ4n) is 1.97. The predicted molar refractivity (Wildman–Crippen MR) is 76.8 cm³/mol. The lowest BCUT2D eigenvalue weighted by atomic mass is 10.1. The summed E-state index contributed by atoms with van der Waals surface area (Å²) in [5.74, 6) is -3.28. The Hall–Kier alpha value is -3.69. The van der Waals surface area contributed by atoms with Crippen molar-refractivity contribution in [2.24, 2.45) is 0 Å². The van der Waals surface area contributed by atoms with E-state index in [0.717, 1.165) is 24.3 Å². The first-order valence-corrected chi connectivity index (χ1v) is 6.40. The number of aromatic hydroxyl groups is 3. The first kappa shape index (κ1) is 15.2. The van der Waals surface area contributed by atoms with E-state index in [-0.39, 0.29) is 22.9 Å². The Labute approximate surface area is 132 Å². The maximum Gasteiger partial charge on any atom is 0.315 e. The van der Waals surface area contributed by atoms with Gasteiger partial charge < -0.3 is 19.7 Å². The van der Waals surface area contributed by atoms with Gasteiger partial charge in [-0.05, 0) is 24.3 Å². The van der Waals surface area contributed by atoms with E-state index < -0.39 is 33.7 Å². The van der Waals surface area contributed by atoms with Gasteiger partial charge in [0.1, 0.15) is 0 Å². The lowest BCUT2D eigenvalue weighted by molar-refractivity contribution is -0.385. The van der Waals surface area contributed by atoms with E-state index in [9.17, 15) is 29.8 Å². The van der Waals surface area contributed by atoms with Crippen LogP contribution in [0.1, 0.15) is 0 Å². The maximum atomic E-state index is 13.1. The van der Waals surface area contributed by atoms with Gasteiger partial charge in [0.25, 0.3) is 0 Å². The minimum absolute atomic E-state index is 0.00193. The van der Waals surface area contributed by atoms with Gasteiger partial charge in [-0.25, -0.2) is 4.39 Å². The summed E-state index contributed by atoms with van der Waals surface area (Å²) >= 11 is 0. The van der Waals surface area contributed by atoms with Crippen molar-refractivity contribution >= 4 is 5.69 Å². The SMILES string of the molecule is O=[N+]([O-])c1cc(-c2nnc(-c3ccc(F)c(O)c3)o2)cc(O)c1O. The molecule has 0 unspecified atom stereocenters. The molecule has 0 fully saturated rings. The highest BCUT2D eigenvalue weighted by atomic mass is 19.1. The van der Waals surface area contributed by atoms with Crippen LogP contribution in [0.5, 0.6) is 17.2 Å². The highest BCUT2D eigenvalue weighted by Crippen LogP contribution is 2.39. The molecule has 2 aromatic carbocycles. The minimum Gasteiger partial charge on any atom is -0.505 e. The smallest absolute Gasteiger partial charge is 0.315 e. The first-order valence-electron chi connectivity index (χ1n) is 6.40. The molecule has 3 N–H and O–H groups in total. The van der Waals surface area contributed by atoms with Crippen LogP contribution in [0.25, 0.3) is 22.9 Å². The Balaban J connectivity index is 2.05. The molecule has 0 bridgehead atoms. The van der Waals surface area contributed by atoms with E-state index >= 15 is 0 Å². The summed E-state index contributed by atoms with van der Waals surface area (Å²) in [6, 6.07) is 5.34. The van der Waals surface area contributed by atoms with Gasteiger partial charge in [-0.3, -0.25) is 10.1 Å². The van der Waals surface area contributed by atoms with Crippen molar-refractivity contribution in [3.05, 3.63) is 46.3 Å². The molecule has 24 heavy (non-hydrogen) atoms. The molecule has 122 valence electrons. The molecule has 0 spiro atoms. The van der Waals surface area contributed by atoms with Crippen LogP contribution in [-0.2, 0) is 0 Å². The second-order valence-electron chi connectivity index (χ2n) is 4.70. The molecular weight excluding hydrogens is 325 g/mol. The third-order valence-electron chi connectivity index (χ3n) is 3.13. The molecule has 0 aliphatic carbocycles. The monoisotopic (exact) mass is 333 g/mol. The van der Waals surface area contributed by atoms with Crippen molar-refractivity contribution in [3.8, 4) is 40.2 Å². The first-order chi connectivity index (χ1) is 11.4. The lowest BCUT2D eigenvalue weighted by Crippen LogP contribution is -1.90. The molecule has 0 atom stereocenters. The van der Waals surface area contributed by atoms with E-state index in [0.29, 0.717) is 0 Å². The van der Waals surface area contributed by atoms with Crippen LogP contribution >= 0.6 is 0 Å². The lowest BCUT2D eigenvalue weighted by Gasteiger charge is -2.01. The van der Waals surface area contributed by atoms with Crippen LogP contribution in [0, 0.1) is 15.9 Å². The van der Waals surface area contributed by atoms with Crippen LogP contribution in [0.4, 0.5) is 10.1 Å². The van der Waals surface area contributed by atoms with Gasteiger partial charge in [-0.2, -0.15) is 0 Å². The molecule has 3 aromatic rings. The van der Waals surface area contributed by atoms with Crippen molar-refractivity contribution < 1.29 is 29.1 Å². The van der Waals surface area contributed by atoms with Crippen molar-refractivity contribution in [1.82, 2.24) is 10.2 Å². The van der Waals surface area contributed by atoms with Crippen molar-refractivity contribution in [3.63, 3.8) is 0 Å². The topological polar surface area (TPSA) is 143 Å². The number of nitro benzene ring substituents is 1. The van der Waals surface area contributed by atoms with Gasteiger partial charge in [0.2, 0.25) is 17.5 Å². The Morgan fingerprint density at radius 1 is 1.00 bits per heavy atom. The number of halogens is 1. The normalized spacial score (nSPS) is 10.7. The molecule has 0 saturated heterocycles. The zero-order valence-corrected chi connectivity index (χ0v) is 11.7. The van der Waals surface area contributed by atoms with E-state index in [1.54, 1.807) is 0 Å². The molecule has 10 heteroatoms. The Morgan fingerprint density at radius 2 is 1.62 bits per heavy atom. The summed E-state index contributed by atoms with van der Waals surface area (Å²) in [6.07, 6.45) is 0. The second kappa shape index (κ2) is 5.50. The number of aromatic nitrogens is 2. The molecule has 1 heterocycles. The Morgan fingerprint density at radius 3 is 2.25 bits per heavy atom. The van der Waals surface area contributed by atoms with Crippen molar-refractivity contribution in [2.45, 2.75) is 0 Å². The van der Waals surface area contributed by atoms with E-state index in [4.69, 9.17) is 4.42 Å². The Kier molecular flexibility index (Phi) is 3.49. The molecule has 9 nitrogen and oxygen atoms in total. The molecule has 1 aromatic heterocycles. The number of phenols is 3. The second-order valence-corrected chi connectivity index (χ2v) is 4.70. The highest BCUT2D eigenvalue weighted by molar-refractivity contribution is 5.68. The molecular formula is C14H8FN3O6. The zero-order valence-electron chi connectivity index (χ0n) is 11.7. The quantitative estimate of drug-likeness (QED) is 0.377. The number of nitro groups is 1. The summed E-state index contributed by atoms with van der Waals surface area (Å²) in [6.45, 7) is 0. The van der Waals surface area contributed by atoms with Crippen LogP contribution in [-0.4, -0.2) is 30.4 Å². The summed E-state index contributed by atoms with van der Waals surface area (Å²) < 4.78 is 18.4. The average molecular weight is 333 g/mol. The standard InChI is InChI=1S/C14H8FN3O6/c15-8-2-1-6(4-10(8)19)13-16-17-14(24-13)7-3-9(18(22)23)12(21)11(20)5-7/h1-5,19-21H. The molecule has 0 aliphatic heterocycles. The van der Waals surface area contributed by atoms with Crippen LogP contribution in [0.15, 0.2) is 34.7 Å². The number of hydrogen-bond donors (Lipinski definition) is 3. The Bertz CT molecular complexity index is 956. The predicted octanol–water partition coefficient (Wildman–Crippen LogP) is 2.57. The van der Waals surface area contributed by atoms with Gasteiger partial charge >= 0.3 is 5.69 Å². The van der Waals surface area contributed by atoms with E-state index in [1.807, 2.05) is 0 Å². The van der Waals surface area contributed by atoms with Crippen LogP contribution in [0.3, 0.4) is 0 Å². The number of hydrogen-bond acceptors (Lipinski definition) is 8. The number of phenolic OH excluding ortho intramolecular Hbond substituents is 3. The number of benzene rings is 2. The van der Waals surface area contributed by atoms with Gasteiger partial charge in [0.05, 0.1) is 4.92 Å². The third kappa shape index (κ3) is 2.56. The summed E-state index contributed by atoms with van der Waals surface area (Å²) in [5, 5.41) is 46.6. The zero-order chi connectivity index (χ0) is 17.4. The summed E-state index contributed by atoms with van der Waals surface area (Å²) in [5.41, 5.74) is -0.503. The van der Waals surface area contributed by atoms with Gasteiger partial charge in [0.15, 0.2) is 17.3 Å². The summed E-state index contributed by atoms with van der Waals surface area (Å²) in [4.78, 5) is 9.98. The molecule has 0 radical (unpaired) electrons. The maximum absolute atomic E-state index is 13.1. The molecule has 0 amide bonds. The van der Waals surface area contributed by atoms with Gasteiger partial charge in [-0.15, -0.1) is 10.2 Å². The third-order valence-corrected chi connectivity index (χ3v) is 3.13. The fraction of sp³-hybridized carbons (Fsp3) is 0. The van der Waals surface area contributed by atoms with Gasteiger partial charge in [0, 0.05) is 17.2 Å². The van der Waals surface area contributed by atoms with Crippen molar-refractivity contribution in [1.29, 1.82) is 0 Å². The van der Waals surface area contributed by atoms with Crippen molar-refractivity contribution in [2.75, 3.05) is 0 Å². The van der Waals surface area contributed by atoms with E-state index in [1.165, 1.54) is 6.07 Å². The fourth-order valence-corrected chi connectivity index (χ4v) is 1.97. The van der Waals surface area contributed by atoms with Crippen LogP contribution in [0.2, 0.25) is 0 Å². The van der Waals surface area contributed by atoms with Crippen LogP contribution < -0.4 is 0 Å². The largest absolute Gasteiger partial charge is 0.505 e. The summed E-state index contributed by atoms with van der Waals surface area (Å²) in [7, 11) is 0. The van der Waals surface area contributed by atoms with Gasteiger partial charge in [-0.1, -0.05) is 0 Å². The average Bonchev–Trinajstić information content (AvgIpc) is 3.02. The molecule has 0 saturated carbocycles. The molecule has 0 aliphatic rings. The minimum atomic E-state index is -0.882. The van der Waals surface area contributed by atoms with E-state index in [2.05, 4.69) is 10.2 Å². The number of nitrogens with zero attached hydrogens (tertiary/aromatic N) is 3. The highest BCUT2D eigenvalue weighted by Gasteiger charge is 2.22. The number of rotatable bonds is 3. The molecule has 3 rings (SSSR count).